The topological polar surface area (TPSA) is 93.7 Å². The van der Waals surface area contributed by atoms with E-state index in [1.54, 1.807) is 0 Å². The van der Waals surface area contributed by atoms with E-state index in [4.69, 9.17) is 9.47 Å². The third-order valence-corrected chi connectivity index (χ3v) is 7.10. The summed E-state index contributed by atoms with van der Waals surface area (Å²) >= 11 is 0. The zero-order chi connectivity index (χ0) is 28.6. The molecule has 0 spiro atoms. The summed E-state index contributed by atoms with van der Waals surface area (Å²) in [5, 5.41) is 5.54. The molecule has 0 fully saturated rings. The molecule has 0 aliphatic heterocycles. The lowest BCUT2D eigenvalue weighted by molar-refractivity contribution is -0.150. The molecular weight excluding hydrogens is 504 g/mol. The molecule has 3 aromatic rings. The molecule has 1 aliphatic carbocycles. The summed E-state index contributed by atoms with van der Waals surface area (Å²) in [6.07, 6.45) is -0.282. The SMILES string of the molecule is CC(C)C[C@H](NC(=O)OCC1c2ccccc2-c2ccccc21)C(=O)N[C@H](C(=O)OCc1ccccc1)C(C)C. The standard InChI is InChI=1S/C33H38N2O5/c1-21(2)18-29(31(36)35-30(22(3)4)32(37)39-19-23-12-6-5-7-13-23)34-33(38)40-20-28-26-16-10-8-14-24(26)25-15-9-11-17-27(25)28/h5-17,21-22,28-30H,18-20H2,1-4H3,(H,34,38)(H,35,36)/t29-,30-/m0/s1. The van der Waals surface area contributed by atoms with Crippen molar-refractivity contribution in [2.75, 3.05) is 6.61 Å². The molecule has 210 valence electrons. The summed E-state index contributed by atoms with van der Waals surface area (Å²) in [6, 6.07) is 23.9. The highest BCUT2D eigenvalue weighted by atomic mass is 16.5. The number of nitrogens with one attached hydrogen (secondary N) is 2. The minimum absolute atomic E-state index is 0.0831. The molecule has 0 saturated heterocycles. The van der Waals surface area contributed by atoms with E-state index < -0.39 is 30.1 Å². The van der Waals surface area contributed by atoms with Crippen molar-refractivity contribution in [3.05, 3.63) is 95.6 Å². The van der Waals surface area contributed by atoms with E-state index >= 15 is 0 Å². The Balaban J connectivity index is 1.38. The average Bonchev–Trinajstić information content (AvgIpc) is 3.26. The van der Waals surface area contributed by atoms with Crippen LogP contribution in [0.4, 0.5) is 4.79 Å². The summed E-state index contributed by atoms with van der Waals surface area (Å²) in [5.41, 5.74) is 5.37. The van der Waals surface area contributed by atoms with Gasteiger partial charge in [0.05, 0.1) is 0 Å². The number of fused-ring (bicyclic) bond motifs is 3. The van der Waals surface area contributed by atoms with Gasteiger partial charge in [-0.05, 0) is 46.1 Å². The maximum absolute atomic E-state index is 13.3. The van der Waals surface area contributed by atoms with E-state index in [1.165, 1.54) is 0 Å². The highest BCUT2D eigenvalue weighted by Gasteiger charge is 2.32. The molecule has 0 saturated carbocycles. The van der Waals surface area contributed by atoms with Gasteiger partial charge in [-0.2, -0.15) is 0 Å². The second kappa shape index (κ2) is 13.3. The number of rotatable bonds is 11. The monoisotopic (exact) mass is 542 g/mol. The number of amides is 2. The van der Waals surface area contributed by atoms with Gasteiger partial charge in [0.25, 0.3) is 0 Å². The fraction of sp³-hybridized carbons (Fsp3) is 0.364. The zero-order valence-corrected chi connectivity index (χ0v) is 23.6. The third kappa shape index (κ3) is 7.08. The first-order valence-corrected chi connectivity index (χ1v) is 13.9. The number of hydrogen-bond donors (Lipinski definition) is 2. The Morgan fingerprint density at radius 1 is 0.750 bits per heavy atom. The Kier molecular flexibility index (Phi) is 9.59. The quantitative estimate of drug-likeness (QED) is 0.298. The average molecular weight is 543 g/mol. The number of carbonyl (C=O) groups excluding carboxylic acids is 3. The van der Waals surface area contributed by atoms with E-state index in [1.807, 2.05) is 82.3 Å². The van der Waals surface area contributed by atoms with Crippen molar-refractivity contribution < 1.29 is 23.9 Å². The van der Waals surface area contributed by atoms with Crippen LogP contribution in [0.3, 0.4) is 0 Å². The highest BCUT2D eigenvalue weighted by Crippen LogP contribution is 2.44. The summed E-state index contributed by atoms with van der Waals surface area (Å²) in [4.78, 5) is 39.1. The first kappa shape index (κ1) is 28.9. The van der Waals surface area contributed by atoms with Crippen LogP contribution >= 0.6 is 0 Å². The van der Waals surface area contributed by atoms with Crippen LogP contribution < -0.4 is 10.6 Å². The van der Waals surface area contributed by atoms with Crippen molar-refractivity contribution in [1.82, 2.24) is 10.6 Å². The van der Waals surface area contributed by atoms with Crippen LogP contribution in [0.1, 0.15) is 56.7 Å². The number of alkyl carbamates (subject to hydrolysis) is 1. The van der Waals surface area contributed by atoms with Crippen LogP contribution in [0.25, 0.3) is 11.1 Å². The van der Waals surface area contributed by atoms with E-state index in [-0.39, 0.29) is 31.0 Å². The van der Waals surface area contributed by atoms with Crippen molar-refractivity contribution >= 4 is 18.0 Å². The first-order valence-electron chi connectivity index (χ1n) is 13.9. The zero-order valence-electron chi connectivity index (χ0n) is 23.6. The molecule has 7 heteroatoms. The number of ether oxygens (including phenoxy) is 2. The van der Waals surface area contributed by atoms with Crippen LogP contribution in [0.15, 0.2) is 78.9 Å². The molecular formula is C33H38N2O5. The fourth-order valence-electron chi connectivity index (χ4n) is 5.06. The van der Waals surface area contributed by atoms with E-state index in [0.717, 1.165) is 27.8 Å². The van der Waals surface area contributed by atoms with Crippen LogP contribution in [-0.2, 0) is 25.7 Å². The van der Waals surface area contributed by atoms with Gasteiger partial charge >= 0.3 is 12.1 Å². The molecule has 1 aliphatic rings. The minimum Gasteiger partial charge on any atom is -0.459 e. The molecule has 2 amide bonds. The normalized spacial score (nSPS) is 13.8. The van der Waals surface area contributed by atoms with Gasteiger partial charge in [0.15, 0.2) is 0 Å². The van der Waals surface area contributed by atoms with Crippen molar-refractivity contribution in [3.8, 4) is 11.1 Å². The summed E-state index contributed by atoms with van der Waals surface area (Å²) < 4.78 is 11.1. The molecule has 0 aromatic heterocycles. The van der Waals surface area contributed by atoms with Gasteiger partial charge in [0.2, 0.25) is 5.91 Å². The summed E-state index contributed by atoms with van der Waals surface area (Å²) in [7, 11) is 0. The van der Waals surface area contributed by atoms with E-state index in [0.29, 0.717) is 6.42 Å². The number of carbonyl (C=O) groups is 3. The molecule has 40 heavy (non-hydrogen) atoms. The Morgan fingerprint density at radius 2 is 1.32 bits per heavy atom. The molecule has 2 atom stereocenters. The van der Waals surface area contributed by atoms with Crippen molar-refractivity contribution in [1.29, 1.82) is 0 Å². The summed E-state index contributed by atoms with van der Waals surface area (Å²) in [5.74, 6) is -1.14. The lowest BCUT2D eigenvalue weighted by Gasteiger charge is -2.25. The maximum Gasteiger partial charge on any atom is 0.407 e. The smallest absolute Gasteiger partial charge is 0.407 e. The second-order valence-corrected chi connectivity index (χ2v) is 11.0. The molecule has 3 aromatic carbocycles. The van der Waals surface area contributed by atoms with Gasteiger partial charge in [-0.3, -0.25) is 4.79 Å². The van der Waals surface area contributed by atoms with Crippen LogP contribution in [0.5, 0.6) is 0 Å². The van der Waals surface area contributed by atoms with E-state index in [2.05, 4.69) is 34.9 Å². The molecule has 0 bridgehead atoms. The van der Waals surface area contributed by atoms with E-state index in [9.17, 15) is 14.4 Å². The van der Waals surface area contributed by atoms with Crippen LogP contribution in [0, 0.1) is 11.8 Å². The highest BCUT2D eigenvalue weighted by molar-refractivity contribution is 5.90. The second-order valence-electron chi connectivity index (χ2n) is 11.0. The van der Waals surface area contributed by atoms with Crippen molar-refractivity contribution in [2.24, 2.45) is 11.8 Å². The fourth-order valence-corrected chi connectivity index (χ4v) is 5.06. The van der Waals surface area contributed by atoms with Gasteiger partial charge in [0, 0.05) is 5.92 Å². The molecule has 0 heterocycles. The predicted molar refractivity (Wildman–Crippen MR) is 154 cm³/mol. The van der Waals surface area contributed by atoms with Gasteiger partial charge in [-0.15, -0.1) is 0 Å². The lowest BCUT2D eigenvalue weighted by atomic mass is 9.98. The Morgan fingerprint density at radius 3 is 1.90 bits per heavy atom. The van der Waals surface area contributed by atoms with Crippen LogP contribution in [-0.4, -0.2) is 36.7 Å². The number of hydrogen-bond acceptors (Lipinski definition) is 5. The first-order chi connectivity index (χ1) is 19.2. The molecule has 0 unspecified atom stereocenters. The third-order valence-electron chi connectivity index (χ3n) is 7.10. The minimum atomic E-state index is -0.862. The summed E-state index contributed by atoms with van der Waals surface area (Å²) in [6.45, 7) is 7.88. The van der Waals surface area contributed by atoms with Gasteiger partial charge in [0.1, 0.15) is 25.3 Å². The predicted octanol–water partition coefficient (Wildman–Crippen LogP) is 5.82. The molecule has 4 rings (SSSR count). The number of esters is 1. The van der Waals surface area contributed by atoms with Gasteiger partial charge < -0.3 is 20.1 Å². The van der Waals surface area contributed by atoms with Crippen molar-refractivity contribution in [2.45, 2.75) is 58.7 Å². The molecule has 0 radical (unpaired) electrons. The molecule has 2 N–H and O–H groups in total. The molecule has 7 nitrogen and oxygen atoms in total. The number of benzene rings is 3. The lowest BCUT2D eigenvalue weighted by Crippen LogP contribution is -2.54. The van der Waals surface area contributed by atoms with Gasteiger partial charge in [-0.25, -0.2) is 9.59 Å². The Bertz CT molecular complexity index is 1280. The van der Waals surface area contributed by atoms with Crippen LogP contribution in [0.2, 0.25) is 0 Å². The maximum atomic E-state index is 13.3. The Hall–Kier alpha value is -4.13. The van der Waals surface area contributed by atoms with Gasteiger partial charge in [-0.1, -0.05) is 107 Å². The van der Waals surface area contributed by atoms with Crippen molar-refractivity contribution in [3.63, 3.8) is 0 Å². The largest absolute Gasteiger partial charge is 0.459 e. The Labute approximate surface area is 236 Å².